The van der Waals surface area contributed by atoms with Crippen molar-refractivity contribution in [2.24, 2.45) is 5.92 Å². The number of fused-ring (bicyclic) bond motifs is 2. The molecule has 36 heavy (non-hydrogen) atoms. The van der Waals surface area contributed by atoms with Crippen LogP contribution in [0.3, 0.4) is 0 Å². The number of thiol groups is 2. The Morgan fingerprint density at radius 2 is 1.75 bits per heavy atom. The predicted octanol–water partition coefficient (Wildman–Crippen LogP) is 7.74. The highest BCUT2D eigenvalue weighted by Gasteiger charge is 2.23. The number of allylic oxidation sites excluding steroid dienone is 1. The van der Waals surface area contributed by atoms with Crippen LogP contribution in [0, 0.1) is 11.3 Å². The minimum absolute atomic E-state index is 0.296. The van der Waals surface area contributed by atoms with Gasteiger partial charge in [-0.25, -0.2) is 0 Å². The monoisotopic (exact) mass is 515 g/mol. The van der Waals surface area contributed by atoms with E-state index >= 15 is 0 Å². The van der Waals surface area contributed by atoms with E-state index in [0.717, 1.165) is 52.7 Å². The van der Waals surface area contributed by atoms with E-state index in [1.54, 1.807) is 6.07 Å². The third kappa shape index (κ3) is 4.80. The van der Waals surface area contributed by atoms with Gasteiger partial charge in [0.2, 0.25) is 0 Å². The van der Waals surface area contributed by atoms with Crippen molar-refractivity contribution in [2.45, 2.75) is 36.5 Å². The van der Waals surface area contributed by atoms with Crippen molar-refractivity contribution >= 4 is 47.6 Å². The molecular formula is C30H33N3OS2. The number of hydrogen-bond acceptors (Lipinski definition) is 6. The molecule has 0 saturated heterocycles. The fourth-order valence-electron chi connectivity index (χ4n) is 4.42. The molecule has 4 rings (SSSR count). The summed E-state index contributed by atoms with van der Waals surface area (Å²) in [4.78, 5) is 3.25. The van der Waals surface area contributed by atoms with Crippen LogP contribution in [-0.4, -0.2) is 18.5 Å². The van der Waals surface area contributed by atoms with Crippen molar-refractivity contribution in [3.8, 4) is 22.5 Å². The lowest BCUT2D eigenvalue weighted by Gasteiger charge is -2.26. The average Bonchev–Trinajstić information content (AvgIpc) is 2.87. The molecule has 3 N–H and O–H groups in total. The predicted molar refractivity (Wildman–Crippen MR) is 158 cm³/mol. The van der Waals surface area contributed by atoms with Crippen molar-refractivity contribution in [3.63, 3.8) is 0 Å². The normalized spacial score (nSPS) is 11.4. The van der Waals surface area contributed by atoms with Crippen LogP contribution in [0.2, 0.25) is 0 Å². The lowest BCUT2D eigenvalue weighted by atomic mass is 9.89. The van der Waals surface area contributed by atoms with E-state index < -0.39 is 0 Å². The van der Waals surface area contributed by atoms with Crippen LogP contribution < -0.4 is 11.1 Å². The topological polar surface area (TPSA) is 66.2 Å². The summed E-state index contributed by atoms with van der Waals surface area (Å²) < 4.78 is 6.28. The maximum Gasteiger partial charge on any atom is 0.150 e. The Morgan fingerprint density at radius 1 is 1.03 bits per heavy atom. The molecule has 4 nitrogen and oxygen atoms in total. The van der Waals surface area contributed by atoms with Crippen LogP contribution in [-0.2, 0) is 0 Å². The molecule has 2 aliphatic rings. The van der Waals surface area contributed by atoms with Crippen molar-refractivity contribution in [1.29, 1.82) is 5.41 Å². The van der Waals surface area contributed by atoms with Crippen molar-refractivity contribution in [2.75, 3.05) is 19.3 Å². The van der Waals surface area contributed by atoms with Gasteiger partial charge in [-0.2, -0.15) is 0 Å². The SMILES string of the molecule is C=C(CCCN(C)C(=C)c1ccccc1-c1c2ccc(=N)c(S)c-2oc2c(S)c(N)ccc12)C(C)C. The van der Waals surface area contributed by atoms with Gasteiger partial charge in [0.05, 0.1) is 15.1 Å². The Hall–Kier alpha value is -3.09. The molecule has 1 aliphatic heterocycles. The number of benzene rings is 3. The lowest BCUT2D eigenvalue weighted by Crippen LogP contribution is -2.18. The first kappa shape index (κ1) is 26.0. The van der Waals surface area contributed by atoms with E-state index in [0.29, 0.717) is 38.1 Å². The molecule has 6 heteroatoms. The first-order valence-electron chi connectivity index (χ1n) is 12.0. The molecule has 2 aromatic carbocycles. The maximum absolute atomic E-state index is 8.26. The summed E-state index contributed by atoms with van der Waals surface area (Å²) in [6.45, 7) is 13.9. The van der Waals surface area contributed by atoms with Crippen LogP contribution >= 0.6 is 25.3 Å². The van der Waals surface area contributed by atoms with Gasteiger partial charge in [0.1, 0.15) is 0 Å². The van der Waals surface area contributed by atoms with Crippen LogP contribution in [0.1, 0.15) is 32.3 Å². The number of nitrogens with two attached hydrogens (primary N) is 1. The van der Waals surface area contributed by atoms with Crippen molar-refractivity contribution in [1.82, 2.24) is 4.90 Å². The molecule has 0 spiro atoms. The number of nitrogen functional groups attached to an aromatic ring is 1. The zero-order valence-corrected chi connectivity index (χ0v) is 22.8. The summed E-state index contributed by atoms with van der Waals surface area (Å²) in [5.41, 5.74) is 13.4. The molecule has 0 unspecified atom stereocenters. The molecule has 0 bridgehead atoms. The quantitative estimate of drug-likeness (QED) is 0.0840. The van der Waals surface area contributed by atoms with E-state index in [-0.39, 0.29) is 0 Å². The molecule has 0 radical (unpaired) electrons. The lowest BCUT2D eigenvalue weighted by molar-refractivity contribution is 0.462. The van der Waals surface area contributed by atoms with Gasteiger partial charge in [0, 0.05) is 47.1 Å². The van der Waals surface area contributed by atoms with Crippen molar-refractivity contribution in [3.05, 3.63) is 78.2 Å². The highest BCUT2D eigenvalue weighted by Crippen LogP contribution is 2.46. The van der Waals surface area contributed by atoms with E-state index in [1.807, 2.05) is 30.3 Å². The number of anilines is 1. The van der Waals surface area contributed by atoms with Crippen LogP contribution in [0.5, 0.6) is 0 Å². The van der Waals surface area contributed by atoms with E-state index in [4.69, 9.17) is 15.6 Å². The smallest absolute Gasteiger partial charge is 0.150 e. The van der Waals surface area contributed by atoms with E-state index in [1.165, 1.54) is 5.57 Å². The Kier molecular flexibility index (Phi) is 7.57. The van der Waals surface area contributed by atoms with Gasteiger partial charge in [-0.15, -0.1) is 25.3 Å². The Morgan fingerprint density at radius 3 is 2.47 bits per heavy atom. The molecule has 1 heterocycles. The van der Waals surface area contributed by atoms with Gasteiger partial charge in [-0.3, -0.25) is 5.41 Å². The summed E-state index contributed by atoms with van der Waals surface area (Å²) >= 11 is 9.26. The number of rotatable bonds is 8. The summed E-state index contributed by atoms with van der Waals surface area (Å²) in [5.74, 6) is 1.03. The molecule has 0 atom stereocenters. The maximum atomic E-state index is 8.26. The Labute approximate surface area is 224 Å². The van der Waals surface area contributed by atoms with Gasteiger partial charge in [-0.1, -0.05) is 56.8 Å². The van der Waals surface area contributed by atoms with Gasteiger partial charge >= 0.3 is 0 Å². The molecule has 186 valence electrons. The highest BCUT2D eigenvalue weighted by atomic mass is 32.1. The summed E-state index contributed by atoms with van der Waals surface area (Å²) in [6, 6.07) is 15.7. The van der Waals surface area contributed by atoms with Gasteiger partial charge < -0.3 is 15.1 Å². The first-order chi connectivity index (χ1) is 17.1. The summed E-state index contributed by atoms with van der Waals surface area (Å²) in [7, 11) is 2.08. The van der Waals surface area contributed by atoms with Gasteiger partial charge in [0.15, 0.2) is 11.3 Å². The molecule has 0 amide bonds. The average molecular weight is 516 g/mol. The second kappa shape index (κ2) is 10.5. The zero-order valence-electron chi connectivity index (χ0n) is 21.1. The van der Waals surface area contributed by atoms with Crippen LogP contribution in [0.25, 0.3) is 39.1 Å². The number of nitrogens with zero attached hydrogens (tertiary/aromatic N) is 1. The molecular weight excluding hydrogens is 482 g/mol. The van der Waals surface area contributed by atoms with Crippen LogP contribution in [0.4, 0.5) is 5.69 Å². The Balaban J connectivity index is 1.87. The largest absolute Gasteiger partial charge is 0.454 e. The summed E-state index contributed by atoms with van der Waals surface area (Å²) in [6.07, 6.45) is 2.01. The second-order valence-electron chi connectivity index (χ2n) is 9.53. The second-order valence-corrected chi connectivity index (χ2v) is 10.4. The molecule has 0 aromatic heterocycles. The fourth-order valence-corrected chi connectivity index (χ4v) is 4.90. The minimum atomic E-state index is 0.296. The molecule has 2 aromatic rings. The zero-order chi connectivity index (χ0) is 26.1. The fraction of sp³-hybridized carbons (Fsp3) is 0.233. The third-order valence-electron chi connectivity index (χ3n) is 6.81. The minimum Gasteiger partial charge on any atom is -0.454 e. The number of nitrogens with one attached hydrogen (secondary N) is 1. The van der Waals surface area contributed by atoms with Gasteiger partial charge in [0.25, 0.3) is 0 Å². The van der Waals surface area contributed by atoms with Crippen molar-refractivity contribution < 1.29 is 4.42 Å². The number of hydrogen-bond donors (Lipinski definition) is 4. The van der Waals surface area contributed by atoms with Gasteiger partial charge in [-0.05, 0) is 48.6 Å². The Bertz CT molecular complexity index is 1500. The van der Waals surface area contributed by atoms with E-state index in [2.05, 4.69) is 76.3 Å². The summed E-state index contributed by atoms with van der Waals surface area (Å²) in [5, 5.41) is 9.45. The first-order valence-corrected chi connectivity index (χ1v) is 12.9. The third-order valence-corrected chi connectivity index (χ3v) is 7.72. The highest BCUT2D eigenvalue weighted by molar-refractivity contribution is 7.80. The van der Waals surface area contributed by atoms with Crippen LogP contribution in [0.15, 0.2) is 81.5 Å². The van der Waals surface area contributed by atoms with E-state index in [9.17, 15) is 0 Å². The standard InChI is InChI=1S/C30H33N3OS2/c1-17(2)18(3)9-8-16-33(5)19(4)20-10-6-7-11-21(20)26-22-12-14-24(31)29(35)27(22)34-28-23(26)13-15-25(32)30(28)36/h6-7,10-15,17,31,35-36H,3-4,8-9,16,32H2,1-2,5H3. The molecule has 0 saturated carbocycles. The molecule has 1 aliphatic carbocycles. The molecule has 0 fully saturated rings.